The van der Waals surface area contributed by atoms with Gasteiger partial charge in [0, 0.05) is 6.21 Å². The minimum absolute atomic E-state index is 0.00574. The molecule has 0 aliphatic carbocycles. The molecule has 0 N–H and O–H groups in total. The summed E-state index contributed by atoms with van der Waals surface area (Å²) in [6.07, 6.45) is 1.82. The van der Waals surface area contributed by atoms with Gasteiger partial charge in [0.05, 0.1) is 5.71 Å². The quantitative estimate of drug-likeness (QED) is 0.598. The summed E-state index contributed by atoms with van der Waals surface area (Å²) in [5, 5.41) is 0. The molecule has 1 aromatic rings. The largest absolute Gasteiger partial charge is 0.260 e. The zero-order valence-corrected chi connectivity index (χ0v) is 6.94. The predicted octanol–water partition coefficient (Wildman–Crippen LogP) is 2.23. The Balaban J connectivity index is 2.29. The summed E-state index contributed by atoms with van der Waals surface area (Å²) >= 11 is 0. The molecule has 0 radical (unpaired) electrons. The molecule has 60 valence electrons. The lowest BCUT2D eigenvalue weighted by atomic mass is 10.2. The molecule has 12 heavy (non-hydrogen) atoms. The maximum absolute atomic E-state index is 4.35. The fourth-order valence-electron chi connectivity index (χ4n) is 1.22. The van der Waals surface area contributed by atoms with Crippen molar-refractivity contribution in [2.24, 2.45) is 9.98 Å². The predicted molar refractivity (Wildman–Crippen MR) is 50.8 cm³/mol. The lowest BCUT2D eigenvalue weighted by Gasteiger charge is -2.02. The second-order valence-electron chi connectivity index (χ2n) is 2.83. The molecular formula is C10H10N2. The SMILES string of the molecule is CC1=NC(c2ccccc2)N=C1. The molecule has 1 unspecified atom stereocenters. The van der Waals surface area contributed by atoms with Gasteiger partial charge >= 0.3 is 0 Å². The molecule has 0 saturated heterocycles. The van der Waals surface area contributed by atoms with Crippen LogP contribution in [0.15, 0.2) is 40.3 Å². The fourth-order valence-corrected chi connectivity index (χ4v) is 1.22. The van der Waals surface area contributed by atoms with E-state index in [-0.39, 0.29) is 6.17 Å². The third kappa shape index (κ3) is 1.28. The zero-order chi connectivity index (χ0) is 8.39. The van der Waals surface area contributed by atoms with Crippen molar-refractivity contribution in [1.82, 2.24) is 0 Å². The van der Waals surface area contributed by atoms with Crippen LogP contribution in [0.1, 0.15) is 18.7 Å². The summed E-state index contributed by atoms with van der Waals surface area (Å²) in [4.78, 5) is 8.61. The van der Waals surface area contributed by atoms with Crippen molar-refractivity contribution in [3.63, 3.8) is 0 Å². The number of aliphatic imine (C=N–C) groups is 2. The van der Waals surface area contributed by atoms with E-state index >= 15 is 0 Å². The summed E-state index contributed by atoms with van der Waals surface area (Å²) in [5.74, 6) is 0. The molecule has 2 heteroatoms. The van der Waals surface area contributed by atoms with Gasteiger partial charge in [-0.3, -0.25) is 9.98 Å². The van der Waals surface area contributed by atoms with Gasteiger partial charge in [-0.25, -0.2) is 0 Å². The molecule has 0 bridgehead atoms. The first-order valence-corrected chi connectivity index (χ1v) is 3.99. The molecule has 1 heterocycles. The standard InChI is InChI=1S/C10H10N2/c1-8-7-11-10(12-8)9-5-3-2-4-6-9/h2-7,10H,1H3. The first kappa shape index (κ1) is 7.22. The highest BCUT2D eigenvalue weighted by molar-refractivity contribution is 6.30. The smallest absolute Gasteiger partial charge is 0.165 e. The van der Waals surface area contributed by atoms with Crippen molar-refractivity contribution in [2.75, 3.05) is 0 Å². The van der Waals surface area contributed by atoms with Crippen LogP contribution in [-0.4, -0.2) is 11.9 Å². The Hall–Kier alpha value is -1.44. The van der Waals surface area contributed by atoms with Gasteiger partial charge in [-0.2, -0.15) is 0 Å². The van der Waals surface area contributed by atoms with Crippen molar-refractivity contribution >= 4 is 11.9 Å². The van der Waals surface area contributed by atoms with Crippen LogP contribution >= 0.6 is 0 Å². The molecule has 2 rings (SSSR count). The van der Waals surface area contributed by atoms with Gasteiger partial charge < -0.3 is 0 Å². The van der Waals surface area contributed by atoms with Gasteiger partial charge in [-0.15, -0.1) is 0 Å². The van der Waals surface area contributed by atoms with E-state index in [1.807, 2.05) is 43.5 Å². The summed E-state index contributed by atoms with van der Waals surface area (Å²) in [5.41, 5.74) is 2.16. The van der Waals surface area contributed by atoms with Crippen LogP contribution in [0.5, 0.6) is 0 Å². The average molecular weight is 158 g/mol. The van der Waals surface area contributed by atoms with Crippen molar-refractivity contribution < 1.29 is 0 Å². The summed E-state index contributed by atoms with van der Waals surface area (Å²) in [6, 6.07) is 10.1. The van der Waals surface area contributed by atoms with Gasteiger partial charge in [0.2, 0.25) is 0 Å². The maximum atomic E-state index is 4.35. The van der Waals surface area contributed by atoms with Crippen molar-refractivity contribution in [1.29, 1.82) is 0 Å². The highest BCUT2D eigenvalue weighted by Crippen LogP contribution is 2.20. The molecule has 1 aromatic carbocycles. The Morgan fingerprint density at radius 3 is 2.50 bits per heavy atom. The minimum Gasteiger partial charge on any atom is -0.260 e. The highest BCUT2D eigenvalue weighted by atomic mass is 15.0. The first-order valence-electron chi connectivity index (χ1n) is 3.99. The number of hydrogen-bond donors (Lipinski definition) is 0. The van der Waals surface area contributed by atoms with E-state index in [0.717, 1.165) is 11.3 Å². The normalized spacial score (nSPS) is 21.1. The van der Waals surface area contributed by atoms with Crippen LogP contribution in [0.4, 0.5) is 0 Å². The molecule has 0 aromatic heterocycles. The summed E-state index contributed by atoms with van der Waals surface area (Å²) in [6.45, 7) is 1.96. The zero-order valence-electron chi connectivity index (χ0n) is 6.94. The van der Waals surface area contributed by atoms with Crippen LogP contribution < -0.4 is 0 Å². The third-order valence-corrected chi connectivity index (χ3v) is 1.83. The van der Waals surface area contributed by atoms with E-state index in [1.165, 1.54) is 0 Å². The van der Waals surface area contributed by atoms with E-state index in [1.54, 1.807) is 0 Å². The van der Waals surface area contributed by atoms with Crippen LogP contribution in [0.3, 0.4) is 0 Å². The Morgan fingerprint density at radius 1 is 1.17 bits per heavy atom. The van der Waals surface area contributed by atoms with Crippen molar-refractivity contribution in [3.05, 3.63) is 35.9 Å². The fraction of sp³-hybridized carbons (Fsp3) is 0.200. The maximum Gasteiger partial charge on any atom is 0.165 e. The Kier molecular flexibility index (Phi) is 1.74. The van der Waals surface area contributed by atoms with E-state index in [4.69, 9.17) is 0 Å². The number of nitrogens with zero attached hydrogens (tertiary/aromatic N) is 2. The molecule has 0 amide bonds. The molecule has 1 aliphatic heterocycles. The number of benzene rings is 1. The molecular weight excluding hydrogens is 148 g/mol. The first-order chi connectivity index (χ1) is 5.86. The van der Waals surface area contributed by atoms with E-state index < -0.39 is 0 Å². The van der Waals surface area contributed by atoms with E-state index in [9.17, 15) is 0 Å². The Bertz CT molecular complexity index is 325. The number of hydrogen-bond acceptors (Lipinski definition) is 2. The van der Waals surface area contributed by atoms with Crippen molar-refractivity contribution in [3.8, 4) is 0 Å². The van der Waals surface area contributed by atoms with Gasteiger partial charge in [0.15, 0.2) is 6.17 Å². The number of rotatable bonds is 1. The van der Waals surface area contributed by atoms with Gasteiger partial charge in [0.1, 0.15) is 0 Å². The lowest BCUT2D eigenvalue weighted by Crippen LogP contribution is -1.87. The summed E-state index contributed by atoms with van der Waals surface area (Å²) in [7, 11) is 0. The molecule has 0 fully saturated rings. The second kappa shape index (κ2) is 2.89. The van der Waals surface area contributed by atoms with Crippen LogP contribution in [0.25, 0.3) is 0 Å². The van der Waals surface area contributed by atoms with Crippen LogP contribution in [0.2, 0.25) is 0 Å². The van der Waals surface area contributed by atoms with Gasteiger partial charge in [0.25, 0.3) is 0 Å². The van der Waals surface area contributed by atoms with Crippen LogP contribution in [-0.2, 0) is 0 Å². The van der Waals surface area contributed by atoms with Crippen molar-refractivity contribution in [2.45, 2.75) is 13.1 Å². The molecule has 2 nitrogen and oxygen atoms in total. The Labute approximate surface area is 71.7 Å². The Morgan fingerprint density at radius 2 is 1.92 bits per heavy atom. The van der Waals surface area contributed by atoms with E-state index in [2.05, 4.69) is 9.98 Å². The van der Waals surface area contributed by atoms with Gasteiger partial charge in [-0.1, -0.05) is 30.3 Å². The van der Waals surface area contributed by atoms with Crippen LogP contribution in [0, 0.1) is 0 Å². The highest BCUT2D eigenvalue weighted by Gasteiger charge is 2.10. The van der Waals surface area contributed by atoms with E-state index in [0.29, 0.717) is 0 Å². The minimum atomic E-state index is 0.00574. The van der Waals surface area contributed by atoms with Gasteiger partial charge in [-0.05, 0) is 12.5 Å². The molecule has 1 atom stereocenters. The average Bonchev–Trinajstić information content (AvgIpc) is 2.54. The molecule has 0 saturated carbocycles. The monoisotopic (exact) mass is 158 g/mol. The third-order valence-electron chi connectivity index (χ3n) is 1.83. The molecule has 1 aliphatic rings. The topological polar surface area (TPSA) is 24.7 Å². The molecule has 0 spiro atoms. The second-order valence-corrected chi connectivity index (χ2v) is 2.83. The summed E-state index contributed by atoms with van der Waals surface area (Å²) < 4.78 is 0. The lowest BCUT2D eigenvalue weighted by molar-refractivity contribution is 0.800.